The summed E-state index contributed by atoms with van der Waals surface area (Å²) in [5.41, 5.74) is 2.74. The summed E-state index contributed by atoms with van der Waals surface area (Å²) in [6.07, 6.45) is 13.0. The number of rotatable bonds is 6. The molecule has 1 atom stereocenters. The van der Waals surface area contributed by atoms with Crippen LogP contribution in [0, 0.1) is 0 Å². The zero-order valence-electron chi connectivity index (χ0n) is 12.8. The minimum atomic E-state index is 0.711. The molecule has 1 fully saturated rings. The molecule has 0 aliphatic carbocycles. The van der Waals surface area contributed by atoms with Crippen LogP contribution in [0.1, 0.15) is 37.3 Å². The minimum Gasteiger partial charge on any atom is -0.296 e. The van der Waals surface area contributed by atoms with Gasteiger partial charge in [0.25, 0.3) is 0 Å². The van der Waals surface area contributed by atoms with Gasteiger partial charge >= 0.3 is 0 Å². The van der Waals surface area contributed by atoms with Crippen LogP contribution < -0.4 is 0 Å². The highest BCUT2D eigenvalue weighted by Crippen LogP contribution is 2.23. The fraction of sp³-hybridized carbons (Fsp3) is 0.529. The molecule has 3 rings (SSSR count). The van der Waals surface area contributed by atoms with Gasteiger partial charge in [-0.2, -0.15) is 5.10 Å². The van der Waals surface area contributed by atoms with E-state index < -0.39 is 0 Å². The van der Waals surface area contributed by atoms with E-state index in [1.165, 1.54) is 36.9 Å². The van der Waals surface area contributed by atoms with E-state index in [1.807, 2.05) is 23.3 Å². The van der Waals surface area contributed by atoms with E-state index in [1.54, 1.807) is 0 Å². The molecule has 0 aromatic carbocycles. The summed E-state index contributed by atoms with van der Waals surface area (Å²) in [6.45, 7) is 5.34. The number of hydrogen-bond acceptors (Lipinski definition) is 3. The van der Waals surface area contributed by atoms with Crippen molar-refractivity contribution in [3.63, 3.8) is 0 Å². The Bertz CT molecular complexity index is 549. The summed E-state index contributed by atoms with van der Waals surface area (Å²) in [5.74, 6) is 0. The number of likely N-dealkylation sites (tertiary alicyclic amines) is 1. The van der Waals surface area contributed by atoms with Crippen LogP contribution in [0.15, 0.2) is 36.9 Å². The standard InChI is InChI=1S/C17H24N4/c1-2-21-14-16(12-19-21)13-20-11-3-4-17(20)6-5-15-7-9-18-10-8-15/h7-10,12,14,17H,2-6,11,13H2,1H3/t17-/m1/s1. The van der Waals surface area contributed by atoms with Crippen molar-refractivity contribution in [1.29, 1.82) is 0 Å². The Morgan fingerprint density at radius 2 is 2.10 bits per heavy atom. The quantitative estimate of drug-likeness (QED) is 0.818. The molecule has 0 bridgehead atoms. The first-order valence-electron chi connectivity index (χ1n) is 7.99. The van der Waals surface area contributed by atoms with Crippen molar-refractivity contribution in [2.45, 2.75) is 51.7 Å². The van der Waals surface area contributed by atoms with Crippen molar-refractivity contribution < 1.29 is 0 Å². The molecule has 21 heavy (non-hydrogen) atoms. The largest absolute Gasteiger partial charge is 0.296 e. The highest BCUT2D eigenvalue weighted by Gasteiger charge is 2.24. The fourth-order valence-corrected chi connectivity index (χ4v) is 3.21. The predicted octanol–water partition coefficient (Wildman–Crippen LogP) is 2.90. The zero-order chi connectivity index (χ0) is 14.5. The molecule has 3 heterocycles. The highest BCUT2D eigenvalue weighted by atomic mass is 15.3. The summed E-state index contributed by atoms with van der Waals surface area (Å²) < 4.78 is 2.01. The molecule has 0 radical (unpaired) electrons. The van der Waals surface area contributed by atoms with Crippen molar-refractivity contribution in [1.82, 2.24) is 19.7 Å². The molecule has 112 valence electrons. The lowest BCUT2D eigenvalue weighted by molar-refractivity contribution is 0.234. The second-order valence-electron chi connectivity index (χ2n) is 5.86. The Morgan fingerprint density at radius 1 is 1.24 bits per heavy atom. The van der Waals surface area contributed by atoms with Crippen LogP contribution in [0.2, 0.25) is 0 Å². The maximum Gasteiger partial charge on any atom is 0.0534 e. The van der Waals surface area contributed by atoms with Gasteiger partial charge < -0.3 is 0 Å². The third-order valence-corrected chi connectivity index (χ3v) is 4.41. The highest BCUT2D eigenvalue weighted by molar-refractivity contribution is 5.10. The van der Waals surface area contributed by atoms with Crippen LogP contribution >= 0.6 is 0 Å². The summed E-state index contributed by atoms with van der Waals surface area (Å²) in [4.78, 5) is 6.71. The summed E-state index contributed by atoms with van der Waals surface area (Å²) in [7, 11) is 0. The Balaban J connectivity index is 1.55. The Morgan fingerprint density at radius 3 is 2.86 bits per heavy atom. The Hall–Kier alpha value is -1.68. The van der Waals surface area contributed by atoms with E-state index in [0.29, 0.717) is 6.04 Å². The molecule has 1 saturated heterocycles. The molecule has 2 aromatic rings. The predicted molar refractivity (Wildman–Crippen MR) is 83.9 cm³/mol. The Labute approximate surface area is 126 Å². The molecular formula is C17H24N4. The smallest absolute Gasteiger partial charge is 0.0534 e. The molecule has 4 nitrogen and oxygen atoms in total. The molecule has 2 aromatic heterocycles. The van der Waals surface area contributed by atoms with Gasteiger partial charge in [-0.3, -0.25) is 14.6 Å². The van der Waals surface area contributed by atoms with Crippen LogP contribution in [-0.2, 0) is 19.5 Å². The van der Waals surface area contributed by atoms with E-state index in [-0.39, 0.29) is 0 Å². The van der Waals surface area contributed by atoms with Gasteiger partial charge in [-0.05, 0) is 56.8 Å². The maximum absolute atomic E-state index is 4.38. The van der Waals surface area contributed by atoms with Gasteiger partial charge in [0.05, 0.1) is 6.20 Å². The topological polar surface area (TPSA) is 34.0 Å². The van der Waals surface area contributed by atoms with Crippen molar-refractivity contribution in [3.8, 4) is 0 Å². The van der Waals surface area contributed by atoms with Gasteiger partial charge in [0.2, 0.25) is 0 Å². The van der Waals surface area contributed by atoms with E-state index in [2.05, 4.69) is 40.2 Å². The van der Waals surface area contributed by atoms with Gasteiger partial charge in [0.15, 0.2) is 0 Å². The van der Waals surface area contributed by atoms with Gasteiger partial charge in [0, 0.05) is 43.3 Å². The lowest BCUT2D eigenvalue weighted by atomic mass is 10.0. The number of hydrogen-bond donors (Lipinski definition) is 0. The average Bonchev–Trinajstić information content (AvgIpc) is 3.16. The summed E-state index contributed by atoms with van der Waals surface area (Å²) in [6, 6.07) is 4.97. The van der Waals surface area contributed by atoms with Gasteiger partial charge in [-0.1, -0.05) is 0 Å². The van der Waals surface area contributed by atoms with Crippen LogP contribution in [0.5, 0.6) is 0 Å². The average molecular weight is 284 g/mol. The molecular weight excluding hydrogens is 260 g/mol. The van der Waals surface area contributed by atoms with Gasteiger partial charge in [-0.25, -0.2) is 0 Å². The van der Waals surface area contributed by atoms with Crippen LogP contribution in [0.25, 0.3) is 0 Å². The molecule has 0 amide bonds. The molecule has 0 N–H and O–H groups in total. The third kappa shape index (κ3) is 3.70. The van der Waals surface area contributed by atoms with Crippen LogP contribution in [-0.4, -0.2) is 32.3 Å². The SMILES string of the molecule is CCn1cc(CN2CCC[C@@H]2CCc2ccncc2)cn1. The number of pyridine rings is 1. The van der Waals surface area contributed by atoms with Crippen molar-refractivity contribution in [2.75, 3.05) is 6.54 Å². The van der Waals surface area contributed by atoms with E-state index >= 15 is 0 Å². The fourth-order valence-electron chi connectivity index (χ4n) is 3.21. The summed E-state index contributed by atoms with van der Waals surface area (Å²) in [5, 5.41) is 4.38. The number of aryl methyl sites for hydroxylation is 2. The summed E-state index contributed by atoms with van der Waals surface area (Å²) >= 11 is 0. The van der Waals surface area contributed by atoms with Crippen LogP contribution in [0.4, 0.5) is 0 Å². The first-order valence-corrected chi connectivity index (χ1v) is 7.99. The molecule has 0 unspecified atom stereocenters. The van der Waals surface area contributed by atoms with Crippen molar-refractivity contribution >= 4 is 0 Å². The molecule has 1 aliphatic heterocycles. The number of nitrogens with zero attached hydrogens (tertiary/aromatic N) is 4. The molecule has 0 saturated carbocycles. The maximum atomic E-state index is 4.38. The normalized spacial score (nSPS) is 19.2. The van der Waals surface area contributed by atoms with Gasteiger partial charge in [-0.15, -0.1) is 0 Å². The molecule has 4 heteroatoms. The second kappa shape index (κ2) is 6.85. The van der Waals surface area contributed by atoms with E-state index in [0.717, 1.165) is 19.5 Å². The van der Waals surface area contributed by atoms with E-state index in [4.69, 9.17) is 0 Å². The lowest BCUT2D eigenvalue weighted by Crippen LogP contribution is -2.29. The number of aromatic nitrogens is 3. The van der Waals surface area contributed by atoms with Gasteiger partial charge in [0.1, 0.15) is 0 Å². The second-order valence-corrected chi connectivity index (χ2v) is 5.86. The van der Waals surface area contributed by atoms with Crippen molar-refractivity contribution in [3.05, 3.63) is 48.0 Å². The third-order valence-electron chi connectivity index (χ3n) is 4.41. The molecule has 1 aliphatic rings. The monoisotopic (exact) mass is 284 g/mol. The first kappa shape index (κ1) is 14.3. The zero-order valence-corrected chi connectivity index (χ0v) is 12.8. The first-order chi connectivity index (χ1) is 10.3. The minimum absolute atomic E-state index is 0.711. The Kier molecular flexibility index (Phi) is 4.65. The van der Waals surface area contributed by atoms with E-state index in [9.17, 15) is 0 Å². The van der Waals surface area contributed by atoms with Crippen molar-refractivity contribution in [2.24, 2.45) is 0 Å². The lowest BCUT2D eigenvalue weighted by Gasteiger charge is -2.23. The van der Waals surface area contributed by atoms with Crippen LogP contribution in [0.3, 0.4) is 0 Å². The molecule has 0 spiro atoms.